The maximum absolute atomic E-state index is 13.9. The first-order chi connectivity index (χ1) is 14.2. The van der Waals surface area contributed by atoms with Gasteiger partial charge < -0.3 is 10.2 Å². The third-order valence-electron chi connectivity index (χ3n) is 6.02. The van der Waals surface area contributed by atoms with E-state index in [4.69, 9.17) is 0 Å². The molecule has 0 aliphatic carbocycles. The molecule has 0 radical (unpaired) electrons. The molecule has 0 heterocycles. The lowest BCUT2D eigenvalue weighted by Gasteiger charge is -2.29. The number of benzene rings is 2. The summed E-state index contributed by atoms with van der Waals surface area (Å²) in [5.74, 6) is 0.0536. The summed E-state index contributed by atoms with van der Waals surface area (Å²) in [4.78, 5) is 13.9. The van der Waals surface area contributed by atoms with Gasteiger partial charge in [0.2, 0.25) is 0 Å². The van der Waals surface area contributed by atoms with Crippen LogP contribution in [0.2, 0.25) is 0 Å². The first-order valence-electron chi connectivity index (χ1n) is 11.5. The van der Waals surface area contributed by atoms with Gasteiger partial charge in [-0.05, 0) is 45.4 Å². The van der Waals surface area contributed by atoms with Crippen molar-refractivity contribution in [2.75, 3.05) is 0 Å². The molecule has 0 aromatic heterocycles. The van der Waals surface area contributed by atoms with Crippen LogP contribution in [0.4, 0.5) is 0 Å². The number of hydrogen-bond donors (Lipinski definition) is 2. The number of hydrogen-bond acceptors (Lipinski definition) is 3. The van der Waals surface area contributed by atoms with Gasteiger partial charge >= 0.3 is 0 Å². The van der Waals surface area contributed by atoms with Crippen molar-refractivity contribution in [2.24, 2.45) is 0 Å². The third kappa shape index (κ3) is 5.19. The maximum Gasteiger partial charge on any atom is 0.196 e. The Morgan fingerprint density at radius 1 is 0.562 bits per heavy atom. The Hall–Kier alpha value is -2.29. The molecule has 176 valence electrons. The van der Waals surface area contributed by atoms with E-state index in [9.17, 15) is 15.0 Å². The lowest BCUT2D eigenvalue weighted by atomic mass is 9.76. The summed E-state index contributed by atoms with van der Waals surface area (Å²) >= 11 is 0. The number of phenols is 2. The Bertz CT molecular complexity index is 995. The molecule has 0 saturated carbocycles. The van der Waals surface area contributed by atoms with Crippen molar-refractivity contribution < 1.29 is 15.0 Å². The number of carbonyl (C=O) groups excluding carboxylic acids is 1. The van der Waals surface area contributed by atoms with Crippen molar-refractivity contribution in [3.63, 3.8) is 0 Å². The van der Waals surface area contributed by atoms with Crippen LogP contribution in [0.25, 0.3) is 0 Å². The zero-order valence-electron chi connectivity index (χ0n) is 22.1. The van der Waals surface area contributed by atoms with Crippen molar-refractivity contribution in [2.45, 2.75) is 105 Å². The molecule has 0 atom stereocenters. The summed E-state index contributed by atoms with van der Waals surface area (Å²) in [6, 6.07) is 7.41. The molecule has 0 saturated heterocycles. The predicted octanol–water partition coefficient (Wildman–Crippen LogP) is 7.52. The number of ketones is 1. The Balaban J connectivity index is 2.88. The molecule has 0 amide bonds. The minimum absolute atomic E-state index is 0.0400. The zero-order valence-corrected chi connectivity index (χ0v) is 22.1. The van der Waals surface area contributed by atoms with Crippen molar-refractivity contribution >= 4 is 5.78 Å². The maximum atomic E-state index is 13.9. The van der Waals surface area contributed by atoms with Gasteiger partial charge in [-0.3, -0.25) is 4.79 Å². The molecule has 3 nitrogen and oxygen atoms in total. The molecule has 2 aromatic rings. The van der Waals surface area contributed by atoms with E-state index in [1.54, 1.807) is 12.1 Å². The van der Waals surface area contributed by atoms with Crippen LogP contribution >= 0.6 is 0 Å². The van der Waals surface area contributed by atoms with Crippen LogP contribution in [0.1, 0.15) is 121 Å². The fraction of sp³-hybridized carbons (Fsp3) is 0.552. The molecule has 2 aromatic carbocycles. The minimum atomic E-state index is -0.341. The van der Waals surface area contributed by atoms with E-state index in [1.807, 2.05) is 74.4 Å². The highest BCUT2D eigenvalue weighted by Crippen LogP contribution is 2.42. The van der Waals surface area contributed by atoms with E-state index in [0.29, 0.717) is 11.1 Å². The third-order valence-corrected chi connectivity index (χ3v) is 6.02. The molecule has 0 aliphatic heterocycles. The molecule has 32 heavy (non-hydrogen) atoms. The molecule has 3 heteroatoms. The van der Waals surface area contributed by atoms with Crippen molar-refractivity contribution in [1.82, 2.24) is 0 Å². The van der Waals surface area contributed by atoms with E-state index in [1.165, 1.54) is 0 Å². The van der Waals surface area contributed by atoms with E-state index in [2.05, 4.69) is 20.8 Å². The first kappa shape index (κ1) is 26.0. The van der Waals surface area contributed by atoms with Gasteiger partial charge in [0.05, 0.1) is 5.56 Å². The lowest BCUT2D eigenvalue weighted by molar-refractivity contribution is 0.103. The number of phenolic OH excluding ortho intramolecular Hbond substituents is 2. The number of carbonyl (C=O) groups is 1. The van der Waals surface area contributed by atoms with Crippen LogP contribution in [0.3, 0.4) is 0 Å². The average Bonchev–Trinajstić information content (AvgIpc) is 2.57. The largest absolute Gasteiger partial charge is 0.507 e. The van der Waals surface area contributed by atoms with Gasteiger partial charge in [0, 0.05) is 22.3 Å². The van der Waals surface area contributed by atoms with Crippen molar-refractivity contribution in [3.8, 4) is 11.5 Å². The topological polar surface area (TPSA) is 57.5 Å². The fourth-order valence-electron chi connectivity index (χ4n) is 3.88. The molecule has 2 N–H and O–H groups in total. The van der Waals surface area contributed by atoms with Crippen LogP contribution in [-0.4, -0.2) is 16.0 Å². The van der Waals surface area contributed by atoms with Gasteiger partial charge in [-0.1, -0.05) is 89.2 Å². The highest BCUT2D eigenvalue weighted by molar-refractivity contribution is 6.11. The Labute approximate surface area is 194 Å². The van der Waals surface area contributed by atoms with Gasteiger partial charge in [0.1, 0.15) is 11.5 Å². The van der Waals surface area contributed by atoms with E-state index in [-0.39, 0.29) is 38.9 Å². The van der Waals surface area contributed by atoms with Crippen LogP contribution in [0.5, 0.6) is 11.5 Å². The van der Waals surface area contributed by atoms with Gasteiger partial charge in [-0.2, -0.15) is 0 Å². The smallest absolute Gasteiger partial charge is 0.196 e. The molecule has 2 rings (SSSR count). The molecule has 0 unspecified atom stereocenters. The highest BCUT2D eigenvalue weighted by Gasteiger charge is 2.31. The predicted molar refractivity (Wildman–Crippen MR) is 134 cm³/mol. The van der Waals surface area contributed by atoms with Gasteiger partial charge in [0.25, 0.3) is 0 Å². The van der Waals surface area contributed by atoms with Crippen LogP contribution < -0.4 is 0 Å². The second-order valence-corrected chi connectivity index (χ2v) is 13.2. The van der Waals surface area contributed by atoms with Gasteiger partial charge in [-0.25, -0.2) is 0 Å². The SMILES string of the molecule is CC(C)(C)c1cc(C(=O)c2cc(C(C)(C)C)c(O)c(C(C)(C)C)c2)c(O)c(C(C)(C)C)c1. The van der Waals surface area contributed by atoms with E-state index < -0.39 is 0 Å². The summed E-state index contributed by atoms with van der Waals surface area (Å²) in [6.07, 6.45) is 0. The quantitative estimate of drug-likeness (QED) is 0.477. The Kier molecular flexibility index (Phi) is 6.44. The van der Waals surface area contributed by atoms with Gasteiger partial charge in [-0.15, -0.1) is 0 Å². The minimum Gasteiger partial charge on any atom is -0.507 e. The van der Waals surface area contributed by atoms with Crippen molar-refractivity contribution in [1.29, 1.82) is 0 Å². The van der Waals surface area contributed by atoms with E-state index >= 15 is 0 Å². The Morgan fingerprint density at radius 3 is 1.28 bits per heavy atom. The van der Waals surface area contributed by atoms with Crippen LogP contribution in [0, 0.1) is 0 Å². The first-order valence-corrected chi connectivity index (χ1v) is 11.5. The highest BCUT2D eigenvalue weighted by atomic mass is 16.3. The fourth-order valence-corrected chi connectivity index (χ4v) is 3.88. The van der Waals surface area contributed by atoms with Gasteiger partial charge in [0.15, 0.2) is 5.78 Å². The second-order valence-electron chi connectivity index (χ2n) is 13.2. The summed E-state index contributed by atoms with van der Waals surface area (Å²) in [5.41, 5.74) is 2.86. The summed E-state index contributed by atoms with van der Waals surface area (Å²) < 4.78 is 0. The molecule has 0 spiro atoms. The summed E-state index contributed by atoms with van der Waals surface area (Å²) in [5, 5.41) is 22.2. The normalized spacial score (nSPS) is 13.4. The standard InChI is InChI=1S/C29H42O3/c1-26(2,3)18-15-19(24(31)22(16-18)29(10,11)12)23(30)17-13-20(27(4,5)6)25(32)21(14-17)28(7,8)9/h13-16,31-32H,1-12H3. The molecular formula is C29H42O3. The monoisotopic (exact) mass is 438 g/mol. The van der Waals surface area contributed by atoms with Crippen LogP contribution in [0.15, 0.2) is 24.3 Å². The molecule has 0 fully saturated rings. The molecule has 0 aliphatic rings. The van der Waals surface area contributed by atoms with Crippen molar-refractivity contribution in [3.05, 3.63) is 57.6 Å². The Morgan fingerprint density at radius 2 is 0.938 bits per heavy atom. The van der Waals surface area contributed by atoms with E-state index in [0.717, 1.165) is 22.3 Å². The summed E-state index contributed by atoms with van der Waals surface area (Å²) in [6.45, 7) is 24.6. The van der Waals surface area contributed by atoms with Crippen LogP contribution in [-0.2, 0) is 21.7 Å². The molecular weight excluding hydrogens is 396 g/mol. The average molecular weight is 439 g/mol. The summed E-state index contributed by atoms with van der Waals surface area (Å²) in [7, 11) is 0. The molecule has 0 bridgehead atoms. The second kappa shape index (κ2) is 7.93. The number of aromatic hydroxyl groups is 2. The number of rotatable bonds is 2. The zero-order chi connectivity index (χ0) is 25.0. The lowest BCUT2D eigenvalue weighted by Crippen LogP contribution is -2.20.